The molecule has 7 heteroatoms. The Kier molecular flexibility index (Phi) is 5.09. The molecule has 0 radical (unpaired) electrons. The van der Waals surface area contributed by atoms with Gasteiger partial charge in [-0.1, -0.05) is 19.3 Å². The maximum atomic E-state index is 12.6. The van der Waals surface area contributed by atoms with E-state index in [0.29, 0.717) is 43.7 Å². The second kappa shape index (κ2) is 7.66. The number of fused-ring (bicyclic) bond motifs is 1. The average Bonchev–Trinajstić information content (AvgIpc) is 3.07. The normalized spacial score (nSPS) is 22.6. The van der Waals surface area contributed by atoms with E-state index in [4.69, 9.17) is 9.47 Å². The first-order valence-corrected chi connectivity index (χ1v) is 9.85. The number of benzene rings is 1. The van der Waals surface area contributed by atoms with Gasteiger partial charge in [-0.2, -0.15) is 0 Å². The Morgan fingerprint density at radius 2 is 1.89 bits per heavy atom. The highest BCUT2D eigenvalue weighted by atomic mass is 16.6. The summed E-state index contributed by atoms with van der Waals surface area (Å²) >= 11 is 0. The Morgan fingerprint density at radius 3 is 2.67 bits per heavy atom. The fraction of sp³-hybridized carbons (Fsp3) is 0.600. The summed E-state index contributed by atoms with van der Waals surface area (Å²) in [6.45, 7) is 1.52. The predicted molar refractivity (Wildman–Crippen MR) is 101 cm³/mol. The lowest BCUT2D eigenvalue weighted by Crippen LogP contribution is -2.48. The Labute approximate surface area is 159 Å². The molecule has 4 rings (SSSR count). The van der Waals surface area contributed by atoms with Gasteiger partial charge in [0, 0.05) is 37.8 Å². The highest BCUT2D eigenvalue weighted by Crippen LogP contribution is 2.35. The maximum Gasteiger partial charge on any atom is 0.317 e. The number of anilines is 1. The Bertz CT molecular complexity index is 717. The first kappa shape index (κ1) is 17.9. The SMILES string of the molecule is CN(C(=O)N[C@H]1CC(=O)N(c2ccc3c(c2)OCCO3)C1)C1CCCCC1. The van der Waals surface area contributed by atoms with Crippen molar-refractivity contribution in [1.82, 2.24) is 10.2 Å². The predicted octanol–water partition coefficient (Wildman–Crippen LogP) is 2.54. The molecular formula is C20H27N3O4. The lowest BCUT2D eigenvalue weighted by atomic mass is 9.95. The summed E-state index contributed by atoms with van der Waals surface area (Å²) in [5.41, 5.74) is 0.779. The van der Waals surface area contributed by atoms with Crippen LogP contribution in [0.4, 0.5) is 10.5 Å². The Morgan fingerprint density at radius 1 is 1.15 bits per heavy atom. The minimum Gasteiger partial charge on any atom is -0.486 e. The molecule has 1 saturated heterocycles. The molecule has 0 aromatic heterocycles. The van der Waals surface area contributed by atoms with Crippen LogP contribution in [0.2, 0.25) is 0 Å². The maximum absolute atomic E-state index is 12.6. The van der Waals surface area contributed by atoms with Gasteiger partial charge in [0.05, 0.1) is 6.04 Å². The molecule has 0 spiro atoms. The monoisotopic (exact) mass is 373 g/mol. The summed E-state index contributed by atoms with van der Waals surface area (Å²) < 4.78 is 11.1. The number of amides is 3. The van der Waals surface area contributed by atoms with E-state index >= 15 is 0 Å². The fourth-order valence-corrected chi connectivity index (χ4v) is 4.16. The van der Waals surface area contributed by atoms with Gasteiger partial charge in [-0.25, -0.2) is 4.79 Å². The van der Waals surface area contributed by atoms with Gasteiger partial charge < -0.3 is 24.6 Å². The topological polar surface area (TPSA) is 71.1 Å². The minimum atomic E-state index is -0.177. The van der Waals surface area contributed by atoms with Gasteiger partial charge in [0.15, 0.2) is 11.5 Å². The van der Waals surface area contributed by atoms with Crippen LogP contribution in [0.1, 0.15) is 38.5 Å². The van der Waals surface area contributed by atoms with Crippen LogP contribution >= 0.6 is 0 Å². The van der Waals surface area contributed by atoms with Crippen molar-refractivity contribution in [2.45, 2.75) is 50.6 Å². The van der Waals surface area contributed by atoms with E-state index in [1.165, 1.54) is 19.3 Å². The van der Waals surface area contributed by atoms with Crippen molar-refractivity contribution in [1.29, 1.82) is 0 Å². The van der Waals surface area contributed by atoms with Crippen LogP contribution < -0.4 is 19.7 Å². The van der Waals surface area contributed by atoms with Crippen LogP contribution in [0.3, 0.4) is 0 Å². The number of nitrogens with zero attached hydrogens (tertiary/aromatic N) is 2. The number of rotatable bonds is 3. The van der Waals surface area contributed by atoms with Crippen molar-refractivity contribution >= 4 is 17.6 Å². The first-order chi connectivity index (χ1) is 13.1. The standard InChI is InChI=1S/C20H27N3O4/c1-22(15-5-3-2-4-6-15)20(25)21-14-11-19(24)23(13-14)16-7-8-17-18(12-16)27-10-9-26-17/h7-8,12,14-15H,2-6,9-11,13H2,1H3,(H,21,25)/t14-/m0/s1. The summed E-state index contributed by atoms with van der Waals surface area (Å²) in [6.07, 6.45) is 6.07. The number of hydrogen-bond donors (Lipinski definition) is 1. The highest BCUT2D eigenvalue weighted by Gasteiger charge is 2.33. The van der Waals surface area contributed by atoms with E-state index in [1.54, 1.807) is 4.90 Å². The van der Waals surface area contributed by atoms with Gasteiger partial charge in [0.1, 0.15) is 13.2 Å². The fourth-order valence-electron chi connectivity index (χ4n) is 4.16. The van der Waals surface area contributed by atoms with Crippen LogP contribution in [-0.4, -0.2) is 55.7 Å². The smallest absolute Gasteiger partial charge is 0.317 e. The van der Waals surface area contributed by atoms with Crippen molar-refractivity contribution in [3.8, 4) is 11.5 Å². The minimum absolute atomic E-state index is 0.0114. The molecule has 0 bridgehead atoms. The van der Waals surface area contributed by atoms with Gasteiger partial charge in [-0.15, -0.1) is 0 Å². The third-order valence-corrected chi connectivity index (χ3v) is 5.73. The molecular weight excluding hydrogens is 346 g/mol. The number of ether oxygens (including phenoxy) is 2. The average molecular weight is 373 g/mol. The van der Waals surface area contributed by atoms with E-state index in [9.17, 15) is 9.59 Å². The molecule has 1 aromatic rings. The third-order valence-electron chi connectivity index (χ3n) is 5.73. The summed E-state index contributed by atoms with van der Waals surface area (Å²) in [4.78, 5) is 28.6. The molecule has 1 saturated carbocycles. The van der Waals surface area contributed by atoms with Gasteiger partial charge in [0.25, 0.3) is 0 Å². The summed E-state index contributed by atoms with van der Waals surface area (Å²) in [5, 5.41) is 3.04. The third kappa shape index (κ3) is 3.82. The van der Waals surface area contributed by atoms with E-state index in [1.807, 2.05) is 30.1 Å². The van der Waals surface area contributed by atoms with Crippen molar-refractivity contribution in [2.24, 2.45) is 0 Å². The number of carbonyl (C=O) groups excluding carboxylic acids is 2. The molecule has 1 atom stereocenters. The molecule has 2 heterocycles. The van der Waals surface area contributed by atoms with Gasteiger partial charge in [-0.3, -0.25) is 4.79 Å². The summed E-state index contributed by atoms with van der Waals surface area (Å²) in [7, 11) is 1.86. The lowest BCUT2D eigenvalue weighted by Gasteiger charge is -2.32. The van der Waals surface area contributed by atoms with E-state index < -0.39 is 0 Å². The summed E-state index contributed by atoms with van der Waals surface area (Å²) in [5.74, 6) is 1.38. The number of hydrogen-bond acceptors (Lipinski definition) is 4. The van der Waals surface area contributed by atoms with Crippen LogP contribution in [-0.2, 0) is 4.79 Å². The van der Waals surface area contributed by atoms with Gasteiger partial charge >= 0.3 is 6.03 Å². The largest absolute Gasteiger partial charge is 0.486 e. The molecule has 27 heavy (non-hydrogen) atoms. The molecule has 2 aliphatic heterocycles. The molecule has 1 aromatic carbocycles. The van der Waals surface area contributed by atoms with Crippen molar-refractivity contribution < 1.29 is 19.1 Å². The van der Waals surface area contributed by atoms with Gasteiger partial charge in [-0.05, 0) is 25.0 Å². The van der Waals surface area contributed by atoms with Crippen molar-refractivity contribution in [2.75, 3.05) is 31.7 Å². The number of nitrogens with one attached hydrogen (secondary N) is 1. The highest BCUT2D eigenvalue weighted by molar-refractivity contribution is 5.97. The second-order valence-corrected chi connectivity index (χ2v) is 7.59. The van der Waals surface area contributed by atoms with Crippen LogP contribution in [0.25, 0.3) is 0 Å². The first-order valence-electron chi connectivity index (χ1n) is 9.85. The van der Waals surface area contributed by atoms with Crippen LogP contribution in [0.15, 0.2) is 18.2 Å². The quantitative estimate of drug-likeness (QED) is 0.884. The summed E-state index contributed by atoms with van der Waals surface area (Å²) in [6, 6.07) is 5.59. The van der Waals surface area contributed by atoms with Crippen LogP contribution in [0.5, 0.6) is 11.5 Å². The molecule has 2 fully saturated rings. The van der Waals surface area contributed by atoms with E-state index in [-0.39, 0.29) is 18.0 Å². The Balaban J connectivity index is 1.38. The van der Waals surface area contributed by atoms with Crippen LogP contribution in [0, 0.1) is 0 Å². The molecule has 7 nitrogen and oxygen atoms in total. The Hall–Kier alpha value is -2.44. The molecule has 3 aliphatic rings. The molecule has 0 unspecified atom stereocenters. The molecule has 1 N–H and O–H groups in total. The molecule has 1 aliphatic carbocycles. The van der Waals surface area contributed by atoms with E-state index in [0.717, 1.165) is 18.5 Å². The van der Waals surface area contributed by atoms with Crippen molar-refractivity contribution in [3.05, 3.63) is 18.2 Å². The van der Waals surface area contributed by atoms with Gasteiger partial charge in [0.2, 0.25) is 5.91 Å². The number of urea groups is 1. The number of carbonyl (C=O) groups is 2. The van der Waals surface area contributed by atoms with E-state index in [2.05, 4.69) is 5.32 Å². The zero-order valence-electron chi connectivity index (χ0n) is 15.8. The van der Waals surface area contributed by atoms with Crippen molar-refractivity contribution in [3.63, 3.8) is 0 Å². The lowest BCUT2D eigenvalue weighted by molar-refractivity contribution is -0.117. The zero-order valence-corrected chi connectivity index (χ0v) is 15.8. The zero-order chi connectivity index (χ0) is 18.8. The second-order valence-electron chi connectivity index (χ2n) is 7.59. The molecule has 3 amide bonds. The molecule has 146 valence electrons.